The lowest BCUT2D eigenvalue weighted by molar-refractivity contribution is 0.0642. The molecule has 1 aliphatic heterocycles. The third-order valence-corrected chi connectivity index (χ3v) is 5.66. The maximum absolute atomic E-state index is 3.81. The van der Waals surface area contributed by atoms with E-state index in [1.807, 2.05) is 0 Å². The van der Waals surface area contributed by atoms with Crippen molar-refractivity contribution in [2.24, 2.45) is 0 Å². The molecule has 3 heteroatoms. The minimum absolute atomic E-state index is 0.299. The van der Waals surface area contributed by atoms with Crippen LogP contribution in [0.5, 0.6) is 0 Å². The monoisotopic (exact) mass is 338 g/mol. The molecule has 1 fully saturated rings. The van der Waals surface area contributed by atoms with Crippen LogP contribution >= 0.6 is 15.9 Å². The normalized spacial score (nSPS) is 22.9. The van der Waals surface area contributed by atoms with Crippen LogP contribution < -0.4 is 5.32 Å². The van der Waals surface area contributed by atoms with Gasteiger partial charge in [0.2, 0.25) is 0 Å². The summed E-state index contributed by atoms with van der Waals surface area (Å²) in [6.07, 6.45) is 3.61. The highest BCUT2D eigenvalue weighted by molar-refractivity contribution is 9.10. The molecule has 0 radical (unpaired) electrons. The fraction of sp³-hybridized carbons (Fsp3) is 0.647. The standard InChI is InChI=1S/C17H27BrN2/c1-4-15-11-19-17(5-2,6-3)13-20(15)12-14-9-7-8-10-16(14)18/h7-10,15,19H,4-6,11-13H2,1-3H3. The first-order chi connectivity index (χ1) is 9.64. The second-order valence-corrected chi connectivity index (χ2v) is 6.78. The van der Waals surface area contributed by atoms with Crippen molar-refractivity contribution in [1.82, 2.24) is 10.2 Å². The highest BCUT2D eigenvalue weighted by Crippen LogP contribution is 2.27. The smallest absolute Gasteiger partial charge is 0.0304 e. The summed E-state index contributed by atoms with van der Waals surface area (Å²) in [5.41, 5.74) is 1.70. The Morgan fingerprint density at radius 1 is 1.25 bits per heavy atom. The fourth-order valence-electron chi connectivity index (χ4n) is 3.19. The van der Waals surface area contributed by atoms with Gasteiger partial charge in [0.15, 0.2) is 0 Å². The molecule has 2 nitrogen and oxygen atoms in total. The van der Waals surface area contributed by atoms with Crippen molar-refractivity contribution in [2.75, 3.05) is 13.1 Å². The van der Waals surface area contributed by atoms with Crippen LogP contribution in [0.15, 0.2) is 28.7 Å². The van der Waals surface area contributed by atoms with Gasteiger partial charge < -0.3 is 5.32 Å². The Morgan fingerprint density at radius 3 is 2.55 bits per heavy atom. The first-order valence-electron chi connectivity index (χ1n) is 7.86. The molecule has 1 aromatic carbocycles. The minimum Gasteiger partial charge on any atom is -0.308 e. The molecule has 0 aromatic heterocycles. The number of halogens is 1. The zero-order valence-corrected chi connectivity index (χ0v) is 14.5. The Hall–Kier alpha value is -0.380. The van der Waals surface area contributed by atoms with Gasteiger partial charge >= 0.3 is 0 Å². The van der Waals surface area contributed by atoms with E-state index in [1.165, 1.54) is 29.3 Å². The van der Waals surface area contributed by atoms with Crippen LogP contribution in [0.2, 0.25) is 0 Å². The maximum Gasteiger partial charge on any atom is 0.0304 e. The van der Waals surface area contributed by atoms with Crippen molar-refractivity contribution in [3.8, 4) is 0 Å². The first-order valence-corrected chi connectivity index (χ1v) is 8.66. The van der Waals surface area contributed by atoms with E-state index in [-0.39, 0.29) is 0 Å². The van der Waals surface area contributed by atoms with Crippen molar-refractivity contribution in [3.05, 3.63) is 34.3 Å². The van der Waals surface area contributed by atoms with Crippen molar-refractivity contribution in [3.63, 3.8) is 0 Å². The van der Waals surface area contributed by atoms with Crippen molar-refractivity contribution >= 4 is 15.9 Å². The first kappa shape index (κ1) is 16.0. The molecular formula is C17H27BrN2. The van der Waals surface area contributed by atoms with Crippen molar-refractivity contribution < 1.29 is 0 Å². The minimum atomic E-state index is 0.299. The van der Waals surface area contributed by atoms with Gasteiger partial charge in [0.1, 0.15) is 0 Å². The highest BCUT2D eigenvalue weighted by Gasteiger charge is 2.35. The highest BCUT2D eigenvalue weighted by atomic mass is 79.9. The van der Waals surface area contributed by atoms with Gasteiger partial charge in [0.25, 0.3) is 0 Å². The quantitative estimate of drug-likeness (QED) is 0.865. The summed E-state index contributed by atoms with van der Waals surface area (Å²) in [5.74, 6) is 0. The van der Waals surface area contributed by atoms with Crippen molar-refractivity contribution in [1.29, 1.82) is 0 Å². The molecule has 0 spiro atoms. The van der Waals surface area contributed by atoms with Crippen LogP contribution in [0.3, 0.4) is 0 Å². The summed E-state index contributed by atoms with van der Waals surface area (Å²) in [7, 11) is 0. The van der Waals surface area contributed by atoms with Crippen LogP contribution in [-0.2, 0) is 6.54 Å². The van der Waals surface area contributed by atoms with Crippen LogP contribution in [0.25, 0.3) is 0 Å². The molecule has 1 N–H and O–H groups in total. The fourth-order valence-corrected chi connectivity index (χ4v) is 3.60. The average molecular weight is 339 g/mol. The summed E-state index contributed by atoms with van der Waals surface area (Å²) < 4.78 is 1.23. The van der Waals surface area contributed by atoms with Gasteiger partial charge in [-0.2, -0.15) is 0 Å². The Bertz CT molecular complexity index is 429. The molecule has 1 atom stereocenters. The number of hydrogen-bond acceptors (Lipinski definition) is 2. The molecule has 0 amide bonds. The lowest BCUT2D eigenvalue weighted by Gasteiger charge is -2.47. The maximum atomic E-state index is 3.81. The summed E-state index contributed by atoms with van der Waals surface area (Å²) in [6, 6.07) is 9.25. The molecule has 112 valence electrons. The molecular weight excluding hydrogens is 312 g/mol. The van der Waals surface area contributed by atoms with Gasteiger partial charge in [-0.3, -0.25) is 4.90 Å². The van der Waals surface area contributed by atoms with Gasteiger partial charge in [0, 0.05) is 35.7 Å². The van der Waals surface area contributed by atoms with E-state index in [1.54, 1.807) is 0 Å². The SMILES string of the molecule is CCC1CNC(CC)(CC)CN1Cc1ccccc1Br. The largest absolute Gasteiger partial charge is 0.308 e. The predicted molar refractivity (Wildman–Crippen MR) is 89.9 cm³/mol. The van der Waals surface area contributed by atoms with Gasteiger partial charge in [-0.15, -0.1) is 0 Å². The third kappa shape index (κ3) is 3.44. The van der Waals surface area contributed by atoms with Crippen LogP contribution in [0.4, 0.5) is 0 Å². The molecule has 20 heavy (non-hydrogen) atoms. The molecule has 1 aromatic rings. The van der Waals surface area contributed by atoms with Crippen molar-refractivity contribution in [2.45, 2.75) is 58.2 Å². The Kier molecular flexibility index (Phi) is 5.65. The molecule has 0 saturated carbocycles. The van der Waals surface area contributed by atoms with E-state index < -0.39 is 0 Å². The van der Waals surface area contributed by atoms with Gasteiger partial charge in [-0.05, 0) is 30.9 Å². The van der Waals surface area contributed by atoms with Gasteiger partial charge in [-0.1, -0.05) is 54.9 Å². The topological polar surface area (TPSA) is 15.3 Å². The lowest BCUT2D eigenvalue weighted by atomic mass is 9.88. The van der Waals surface area contributed by atoms with E-state index in [4.69, 9.17) is 0 Å². The van der Waals surface area contributed by atoms with Gasteiger partial charge in [0.05, 0.1) is 0 Å². The summed E-state index contributed by atoms with van der Waals surface area (Å²) in [5, 5.41) is 3.81. The number of piperazine rings is 1. The number of nitrogens with one attached hydrogen (secondary N) is 1. The van der Waals surface area contributed by atoms with Gasteiger partial charge in [-0.25, -0.2) is 0 Å². The van der Waals surface area contributed by atoms with E-state index in [2.05, 4.69) is 71.2 Å². The second-order valence-electron chi connectivity index (χ2n) is 5.93. The van der Waals surface area contributed by atoms with E-state index in [9.17, 15) is 0 Å². The number of hydrogen-bond donors (Lipinski definition) is 1. The molecule has 2 rings (SSSR count). The molecule has 0 aliphatic carbocycles. The number of nitrogens with zero attached hydrogens (tertiary/aromatic N) is 1. The number of benzene rings is 1. The summed E-state index contributed by atoms with van der Waals surface area (Å²) in [4.78, 5) is 2.67. The Balaban J connectivity index is 2.15. The summed E-state index contributed by atoms with van der Waals surface area (Å²) in [6.45, 7) is 10.2. The Morgan fingerprint density at radius 2 is 1.95 bits per heavy atom. The van der Waals surface area contributed by atoms with Crippen LogP contribution in [0, 0.1) is 0 Å². The average Bonchev–Trinajstić information content (AvgIpc) is 2.49. The molecule has 1 heterocycles. The zero-order valence-electron chi connectivity index (χ0n) is 13.0. The van der Waals surface area contributed by atoms with E-state index in [0.29, 0.717) is 11.6 Å². The number of rotatable bonds is 5. The predicted octanol–water partition coefficient (Wildman–Crippen LogP) is 4.19. The van der Waals surface area contributed by atoms with E-state index >= 15 is 0 Å². The Labute approximate surface area is 132 Å². The molecule has 0 bridgehead atoms. The zero-order chi connectivity index (χ0) is 14.6. The third-order valence-electron chi connectivity index (χ3n) is 4.89. The van der Waals surface area contributed by atoms with Crippen LogP contribution in [-0.4, -0.2) is 29.6 Å². The molecule has 1 aliphatic rings. The second kappa shape index (κ2) is 7.06. The van der Waals surface area contributed by atoms with E-state index in [0.717, 1.165) is 19.6 Å². The summed E-state index contributed by atoms with van der Waals surface area (Å²) >= 11 is 3.69. The lowest BCUT2D eigenvalue weighted by Crippen LogP contribution is -2.63. The molecule has 1 saturated heterocycles. The van der Waals surface area contributed by atoms with Crippen LogP contribution in [0.1, 0.15) is 45.6 Å². The molecule has 1 unspecified atom stereocenters.